The Hall–Kier alpha value is -0.670. The molecule has 0 amide bonds. The lowest BCUT2D eigenvalue weighted by Crippen LogP contribution is -2.53. The number of nitrogens with two attached hydrogens (primary N) is 1. The summed E-state index contributed by atoms with van der Waals surface area (Å²) in [4.78, 5) is 0. The Morgan fingerprint density at radius 1 is 1.38 bits per heavy atom. The van der Waals surface area contributed by atoms with Gasteiger partial charge >= 0.3 is 0 Å². The van der Waals surface area contributed by atoms with Crippen molar-refractivity contribution in [2.75, 3.05) is 6.54 Å². The monoisotopic (exact) mass is 245 g/mol. The van der Waals surface area contributed by atoms with Gasteiger partial charge in [-0.25, -0.2) is 8.78 Å². The molecule has 1 fully saturated rings. The van der Waals surface area contributed by atoms with Gasteiger partial charge in [-0.15, -0.1) is 0 Å². The molecule has 2 N–H and O–H groups in total. The molecule has 0 aromatic heterocycles. The van der Waals surface area contributed by atoms with Crippen molar-refractivity contribution in [3.05, 3.63) is 34.3 Å². The Labute approximate surface area is 98.6 Å². The smallest absolute Gasteiger partial charge is 0.250 e. The third-order valence-electron chi connectivity index (χ3n) is 3.36. The molecule has 1 aliphatic rings. The summed E-state index contributed by atoms with van der Waals surface area (Å²) in [5, 5.41) is 0.655. The Balaban J connectivity index is 2.32. The lowest BCUT2D eigenvalue weighted by Gasteiger charge is -2.47. The van der Waals surface area contributed by atoms with Crippen LogP contribution in [0.4, 0.5) is 8.78 Å². The fourth-order valence-electron chi connectivity index (χ4n) is 2.38. The van der Waals surface area contributed by atoms with E-state index in [2.05, 4.69) is 0 Å². The predicted molar refractivity (Wildman–Crippen MR) is 61.1 cm³/mol. The number of hydrogen-bond donors (Lipinski definition) is 1. The first-order valence-electron chi connectivity index (χ1n) is 5.23. The summed E-state index contributed by atoms with van der Waals surface area (Å²) >= 11 is 5.91. The van der Waals surface area contributed by atoms with Crippen LogP contribution in [0.3, 0.4) is 0 Å². The van der Waals surface area contributed by atoms with Gasteiger partial charge < -0.3 is 5.73 Å². The van der Waals surface area contributed by atoms with Gasteiger partial charge in [0.1, 0.15) is 0 Å². The maximum atomic E-state index is 13.0. The molecule has 1 nitrogen and oxygen atoms in total. The van der Waals surface area contributed by atoms with E-state index < -0.39 is 11.3 Å². The van der Waals surface area contributed by atoms with Crippen LogP contribution in [0.5, 0.6) is 0 Å². The fourth-order valence-corrected chi connectivity index (χ4v) is 2.50. The zero-order valence-electron chi connectivity index (χ0n) is 9.06. The largest absolute Gasteiger partial charge is 0.330 e. The predicted octanol–water partition coefficient (Wildman–Crippen LogP) is 3.27. The second-order valence-electron chi connectivity index (χ2n) is 4.66. The van der Waals surface area contributed by atoms with Crippen molar-refractivity contribution in [1.29, 1.82) is 0 Å². The first kappa shape index (κ1) is 11.8. The number of alkyl halides is 2. The molecule has 0 saturated heterocycles. The lowest BCUT2D eigenvalue weighted by atomic mass is 9.62. The topological polar surface area (TPSA) is 26.0 Å². The van der Waals surface area contributed by atoms with E-state index in [1.807, 2.05) is 13.0 Å². The van der Waals surface area contributed by atoms with Crippen molar-refractivity contribution >= 4 is 11.6 Å². The van der Waals surface area contributed by atoms with Gasteiger partial charge in [-0.3, -0.25) is 0 Å². The van der Waals surface area contributed by atoms with Crippen LogP contribution in [-0.2, 0) is 5.41 Å². The standard InChI is InChI=1S/C12H14ClF2N/c1-8-4-9(2-3-10(8)13)11(7-16)5-12(14,15)6-11/h2-4H,5-7,16H2,1H3. The Morgan fingerprint density at radius 3 is 2.44 bits per heavy atom. The van der Waals surface area contributed by atoms with Gasteiger partial charge in [0.15, 0.2) is 0 Å². The van der Waals surface area contributed by atoms with Gasteiger partial charge in [0, 0.05) is 29.8 Å². The molecule has 0 heterocycles. The summed E-state index contributed by atoms with van der Waals surface area (Å²) in [6, 6.07) is 5.42. The summed E-state index contributed by atoms with van der Waals surface area (Å²) in [6.07, 6.45) is -0.310. The molecule has 0 unspecified atom stereocenters. The van der Waals surface area contributed by atoms with E-state index in [1.54, 1.807) is 12.1 Å². The van der Waals surface area contributed by atoms with Crippen molar-refractivity contribution in [2.45, 2.75) is 31.1 Å². The molecule has 16 heavy (non-hydrogen) atoms. The minimum Gasteiger partial charge on any atom is -0.330 e. The average molecular weight is 246 g/mol. The van der Waals surface area contributed by atoms with Crippen LogP contribution in [-0.4, -0.2) is 12.5 Å². The molecule has 1 saturated carbocycles. The van der Waals surface area contributed by atoms with Crippen LogP contribution >= 0.6 is 11.6 Å². The van der Waals surface area contributed by atoms with Gasteiger partial charge in [-0.05, 0) is 24.1 Å². The van der Waals surface area contributed by atoms with Crippen LogP contribution in [0.15, 0.2) is 18.2 Å². The molecule has 0 spiro atoms. The van der Waals surface area contributed by atoms with Crippen LogP contribution in [0.25, 0.3) is 0 Å². The molecule has 0 bridgehead atoms. The maximum absolute atomic E-state index is 13.0. The number of hydrogen-bond acceptors (Lipinski definition) is 1. The molecule has 2 rings (SSSR count). The zero-order chi connectivity index (χ0) is 12.0. The van der Waals surface area contributed by atoms with Crippen molar-refractivity contribution in [2.24, 2.45) is 5.73 Å². The normalized spacial score (nSPS) is 21.6. The number of rotatable bonds is 2. The number of halogens is 3. The van der Waals surface area contributed by atoms with Gasteiger partial charge in [-0.1, -0.05) is 23.7 Å². The Morgan fingerprint density at radius 2 is 2.00 bits per heavy atom. The van der Waals surface area contributed by atoms with Crippen LogP contribution in [0, 0.1) is 6.92 Å². The highest BCUT2D eigenvalue weighted by atomic mass is 35.5. The first-order chi connectivity index (χ1) is 7.38. The highest BCUT2D eigenvalue weighted by Crippen LogP contribution is 2.53. The van der Waals surface area contributed by atoms with E-state index in [4.69, 9.17) is 17.3 Å². The second-order valence-corrected chi connectivity index (χ2v) is 5.07. The zero-order valence-corrected chi connectivity index (χ0v) is 9.82. The third kappa shape index (κ3) is 1.82. The van der Waals surface area contributed by atoms with Crippen LogP contribution < -0.4 is 5.73 Å². The van der Waals surface area contributed by atoms with E-state index in [0.717, 1.165) is 11.1 Å². The van der Waals surface area contributed by atoms with E-state index in [0.29, 0.717) is 5.02 Å². The highest BCUT2D eigenvalue weighted by Gasteiger charge is 2.56. The summed E-state index contributed by atoms with van der Waals surface area (Å²) in [5.41, 5.74) is 6.87. The summed E-state index contributed by atoms with van der Waals surface area (Å²) in [6.45, 7) is 2.12. The van der Waals surface area contributed by atoms with Crippen molar-refractivity contribution in [3.63, 3.8) is 0 Å². The SMILES string of the molecule is Cc1cc(C2(CN)CC(F)(F)C2)ccc1Cl. The molecule has 1 aliphatic carbocycles. The van der Waals surface area contributed by atoms with Crippen molar-refractivity contribution in [3.8, 4) is 0 Å². The van der Waals surface area contributed by atoms with E-state index in [9.17, 15) is 8.78 Å². The molecule has 0 atom stereocenters. The fraction of sp³-hybridized carbons (Fsp3) is 0.500. The Kier molecular flexibility index (Phi) is 2.71. The molecule has 1 aromatic rings. The van der Waals surface area contributed by atoms with Gasteiger partial charge in [0.25, 0.3) is 0 Å². The average Bonchev–Trinajstić information content (AvgIpc) is 2.18. The lowest BCUT2D eigenvalue weighted by molar-refractivity contribution is -0.123. The molecule has 0 aliphatic heterocycles. The molecular formula is C12H14ClF2N. The molecule has 4 heteroatoms. The maximum Gasteiger partial charge on any atom is 0.250 e. The molecule has 88 valence electrons. The third-order valence-corrected chi connectivity index (χ3v) is 3.78. The second kappa shape index (κ2) is 3.67. The van der Waals surface area contributed by atoms with Crippen LogP contribution in [0.2, 0.25) is 5.02 Å². The first-order valence-corrected chi connectivity index (χ1v) is 5.61. The van der Waals surface area contributed by atoms with Crippen molar-refractivity contribution < 1.29 is 8.78 Å². The summed E-state index contributed by atoms with van der Waals surface area (Å²) < 4.78 is 26.0. The minimum absolute atomic E-state index is 0.155. The quantitative estimate of drug-likeness (QED) is 0.850. The number of aryl methyl sites for hydroxylation is 1. The summed E-state index contributed by atoms with van der Waals surface area (Å²) in [5.74, 6) is -2.56. The van der Waals surface area contributed by atoms with Gasteiger partial charge in [0.2, 0.25) is 5.92 Å². The molecular weight excluding hydrogens is 232 g/mol. The molecule has 1 aromatic carbocycles. The van der Waals surface area contributed by atoms with E-state index in [1.165, 1.54) is 0 Å². The molecule has 0 radical (unpaired) electrons. The van der Waals surface area contributed by atoms with Crippen LogP contribution in [0.1, 0.15) is 24.0 Å². The van der Waals surface area contributed by atoms with E-state index in [-0.39, 0.29) is 19.4 Å². The Bertz CT molecular complexity index is 409. The van der Waals surface area contributed by atoms with Gasteiger partial charge in [-0.2, -0.15) is 0 Å². The van der Waals surface area contributed by atoms with Gasteiger partial charge in [0.05, 0.1) is 0 Å². The summed E-state index contributed by atoms with van der Waals surface area (Å²) in [7, 11) is 0. The number of benzene rings is 1. The minimum atomic E-state index is -2.56. The van der Waals surface area contributed by atoms with Crippen molar-refractivity contribution in [1.82, 2.24) is 0 Å². The van der Waals surface area contributed by atoms with E-state index >= 15 is 0 Å². The highest BCUT2D eigenvalue weighted by molar-refractivity contribution is 6.31.